The van der Waals surface area contributed by atoms with E-state index < -0.39 is 11.7 Å². The van der Waals surface area contributed by atoms with E-state index >= 15 is 0 Å². The number of rotatable bonds is 3. The van der Waals surface area contributed by atoms with Crippen LogP contribution in [-0.4, -0.2) is 11.6 Å². The van der Waals surface area contributed by atoms with Crippen molar-refractivity contribution < 1.29 is 13.2 Å². The molecule has 98 valence electrons. The highest BCUT2D eigenvalue weighted by molar-refractivity contribution is 5.85. The van der Waals surface area contributed by atoms with E-state index in [-0.39, 0.29) is 5.39 Å². The van der Waals surface area contributed by atoms with Crippen LogP contribution in [0.1, 0.15) is 18.2 Å². The largest absolute Gasteiger partial charge is 0.417 e. The van der Waals surface area contributed by atoms with Crippen molar-refractivity contribution >= 4 is 10.9 Å². The summed E-state index contributed by atoms with van der Waals surface area (Å²) in [5.41, 5.74) is 0.939. The van der Waals surface area contributed by atoms with Crippen molar-refractivity contribution in [3.05, 3.63) is 35.5 Å². The second-order valence-corrected chi connectivity index (χ2v) is 4.15. The van der Waals surface area contributed by atoms with Gasteiger partial charge in [0.25, 0.3) is 0 Å². The first-order valence-electron chi connectivity index (χ1n) is 5.82. The molecule has 0 spiro atoms. The molecule has 2 aromatic rings. The lowest BCUT2D eigenvalue weighted by atomic mass is 10.1. The number of halogens is 3. The summed E-state index contributed by atoms with van der Waals surface area (Å²) in [7, 11) is 1.78. The molecule has 0 fully saturated rings. The number of fused-ring (bicyclic) bond motifs is 1. The van der Waals surface area contributed by atoms with Gasteiger partial charge < -0.3 is 9.88 Å². The molecule has 0 atom stereocenters. The van der Waals surface area contributed by atoms with E-state index in [1.807, 2.05) is 11.5 Å². The van der Waals surface area contributed by atoms with Crippen LogP contribution in [0.3, 0.4) is 0 Å². The van der Waals surface area contributed by atoms with Gasteiger partial charge in [-0.25, -0.2) is 0 Å². The molecule has 2 rings (SSSR count). The van der Waals surface area contributed by atoms with Gasteiger partial charge in [0.1, 0.15) is 0 Å². The summed E-state index contributed by atoms with van der Waals surface area (Å²) in [5, 5.41) is 3.25. The number of alkyl halides is 3. The number of aromatic nitrogens is 1. The fraction of sp³-hybridized carbons (Fsp3) is 0.385. The highest BCUT2D eigenvalue weighted by Gasteiger charge is 2.33. The number of hydrogen-bond donors (Lipinski definition) is 1. The van der Waals surface area contributed by atoms with Gasteiger partial charge in [-0.05, 0) is 32.2 Å². The summed E-state index contributed by atoms with van der Waals surface area (Å²) >= 11 is 0. The fourth-order valence-corrected chi connectivity index (χ4v) is 2.29. The molecule has 1 heterocycles. The molecule has 0 amide bonds. The van der Waals surface area contributed by atoms with Crippen LogP contribution in [0.4, 0.5) is 13.2 Å². The van der Waals surface area contributed by atoms with Crippen molar-refractivity contribution in [3.63, 3.8) is 0 Å². The van der Waals surface area contributed by atoms with Gasteiger partial charge in [-0.15, -0.1) is 0 Å². The van der Waals surface area contributed by atoms with E-state index in [1.165, 1.54) is 6.07 Å². The van der Waals surface area contributed by atoms with Gasteiger partial charge in [0.15, 0.2) is 0 Å². The van der Waals surface area contributed by atoms with E-state index in [1.54, 1.807) is 19.2 Å². The zero-order valence-corrected chi connectivity index (χ0v) is 10.3. The Hall–Kier alpha value is -1.49. The van der Waals surface area contributed by atoms with Crippen LogP contribution >= 0.6 is 0 Å². The van der Waals surface area contributed by atoms with E-state index in [2.05, 4.69) is 5.32 Å². The molecule has 1 aromatic carbocycles. The van der Waals surface area contributed by atoms with Gasteiger partial charge in [-0.1, -0.05) is 6.07 Å². The molecule has 0 aliphatic rings. The molecule has 5 heteroatoms. The second kappa shape index (κ2) is 4.65. The lowest BCUT2D eigenvalue weighted by Gasteiger charge is -2.09. The van der Waals surface area contributed by atoms with Gasteiger partial charge >= 0.3 is 6.18 Å². The zero-order valence-electron chi connectivity index (χ0n) is 10.3. The van der Waals surface area contributed by atoms with Gasteiger partial charge in [0, 0.05) is 29.7 Å². The average molecular weight is 256 g/mol. The minimum Gasteiger partial charge on any atom is -0.344 e. The van der Waals surface area contributed by atoms with Crippen molar-refractivity contribution in [3.8, 4) is 0 Å². The van der Waals surface area contributed by atoms with Crippen LogP contribution in [0.15, 0.2) is 24.3 Å². The van der Waals surface area contributed by atoms with Crippen molar-refractivity contribution in [2.45, 2.75) is 26.2 Å². The average Bonchev–Trinajstić information content (AvgIpc) is 2.65. The van der Waals surface area contributed by atoms with E-state index in [9.17, 15) is 13.2 Å². The van der Waals surface area contributed by atoms with Crippen LogP contribution in [0, 0.1) is 0 Å². The normalized spacial score (nSPS) is 12.3. The first-order valence-corrected chi connectivity index (χ1v) is 5.82. The third-order valence-electron chi connectivity index (χ3n) is 3.01. The molecule has 1 N–H and O–H groups in total. The minimum absolute atomic E-state index is 0.275. The summed E-state index contributed by atoms with van der Waals surface area (Å²) in [6.45, 7) is 3.14. The molecular formula is C13H15F3N2. The Kier molecular flexibility index (Phi) is 3.34. The topological polar surface area (TPSA) is 17.0 Å². The van der Waals surface area contributed by atoms with E-state index in [0.717, 1.165) is 11.8 Å². The molecule has 18 heavy (non-hydrogen) atoms. The Balaban J connectivity index is 2.71. The number of benzene rings is 1. The highest BCUT2D eigenvalue weighted by atomic mass is 19.4. The van der Waals surface area contributed by atoms with Gasteiger partial charge in [0.05, 0.1) is 5.56 Å². The molecule has 0 aliphatic heterocycles. The molecule has 0 aliphatic carbocycles. The number of aryl methyl sites for hydroxylation is 1. The van der Waals surface area contributed by atoms with E-state index in [0.29, 0.717) is 18.6 Å². The molecular weight excluding hydrogens is 241 g/mol. The van der Waals surface area contributed by atoms with E-state index in [4.69, 9.17) is 0 Å². The summed E-state index contributed by atoms with van der Waals surface area (Å²) < 4.78 is 40.7. The molecule has 0 bridgehead atoms. The summed E-state index contributed by atoms with van der Waals surface area (Å²) in [5.74, 6) is 0. The minimum atomic E-state index is -4.31. The molecule has 2 nitrogen and oxygen atoms in total. The van der Waals surface area contributed by atoms with Crippen molar-refractivity contribution in [1.29, 1.82) is 0 Å². The zero-order chi connectivity index (χ0) is 13.3. The first kappa shape index (κ1) is 13.0. The van der Waals surface area contributed by atoms with Crippen LogP contribution in [0.5, 0.6) is 0 Å². The summed E-state index contributed by atoms with van der Waals surface area (Å²) in [6.07, 6.45) is -4.31. The van der Waals surface area contributed by atoms with Crippen LogP contribution in [0.2, 0.25) is 0 Å². The van der Waals surface area contributed by atoms with Gasteiger partial charge in [-0.3, -0.25) is 0 Å². The third-order valence-corrected chi connectivity index (χ3v) is 3.01. The molecule has 0 unspecified atom stereocenters. The lowest BCUT2D eigenvalue weighted by Crippen LogP contribution is -2.10. The predicted molar refractivity (Wildman–Crippen MR) is 65.4 cm³/mol. The first-order chi connectivity index (χ1) is 8.49. The molecule has 0 saturated carbocycles. The molecule has 0 saturated heterocycles. The van der Waals surface area contributed by atoms with Crippen molar-refractivity contribution in [2.24, 2.45) is 0 Å². The fourth-order valence-electron chi connectivity index (χ4n) is 2.29. The summed E-state index contributed by atoms with van der Waals surface area (Å²) in [6, 6.07) is 5.94. The maximum Gasteiger partial charge on any atom is 0.417 e. The van der Waals surface area contributed by atoms with Gasteiger partial charge in [0.2, 0.25) is 0 Å². The van der Waals surface area contributed by atoms with Crippen LogP contribution in [-0.2, 0) is 19.3 Å². The SMILES string of the molecule is CCn1c(CNC)cc2c(C(F)(F)F)cccc21. The van der Waals surface area contributed by atoms with Gasteiger partial charge in [-0.2, -0.15) is 13.2 Å². The number of hydrogen-bond acceptors (Lipinski definition) is 1. The quantitative estimate of drug-likeness (QED) is 0.890. The lowest BCUT2D eigenvalue weighted by molar-refractivity contribution is -0.136. The summed E-state index contributed by atoms with van der Waals surface area (Å²) in [4.78, 5) is 0. The predicted octanol–water partition coefficient (Wildman–Crippen LogP) is 3.40. The van der Waals surface area contributed by atoms with Crippen molar-refractivity contribution in [2.75, 3.05) is 7.05 Å². The Morgan fingerprint density at radius 3 is 2.56 bits per heavy atom. The smallest absolute Gasteiger partial charge is 0.344 e. The molecule has 1 aromatic heterocycles. The Morgan fingerprint density at radius 1 is 1.28 bits per heavy atom. The Bertz CT molecular complexity index is 555. The van der Waals surface area contributed by atoms with Crippen molar-refractivity contribution in [1.82, 2.24) is 9.88 Å². The second-order valence-electron chi connectivity index (χ2n) is 4.15. The Labute approximate surface area is 103 Å². The number of nitrogens with zero attached hydrogens (tertiary/aromatic N) is 1. The van der Waals surface area contributed by atoms with Crippen LogP contribution in [0.25, 0.3) is 10.9 Å². The van der Waals surface area contributed by atoms with Crippen LogP contribution < -0.4 is 5.32 Å². The standard InChI is InChI=1S/C13H15F3N2/c1-3-18-9(8-17-2)7-10-11(13(14,15)16)5-4-6-12(10)18/h4-7,17H,3,8H2,1-2H3. The third kappa shape index (κ3) is 2.10. The maximum atomic E-state index is 12.9. The monoisotopic (exact) mass is 256 g/mol. The molecule has 0 radical (unpaired) electrons. The maximum absolute atomic E-state index is 12.9. The Morgan fingerprint density at radius 2 is 2.00 bits per heavy atom. The number of nitrogens with one attached hydrogen (secondary N) is 1. The highest BCUT2D eigenvalue weighted by Crippen LogP contribution is 2.36.